The molecule has 108 valence electrons. The van der Waals surface area contributed by atoms with E-state index in [1.807, 2.05) is 0 Å². The van der Waals surface area contributed by atoms with Crippen LogP contribution in [0.4, 0.5) is 0 Å². The van der Waals surface area contributed by atoms with Crippen LogP contribution in [0.1, 0.15) is 13.8 Å². The minimum absolute atomic E-state index is 0.0141. The van der Waals surface area contributed by atoms with Gasteiger partial charge in [-0.25, -0.2) is 0 Å². The number of halogens is 1. The molecule has 0 saturated heterocycles. The fraction of sp³-hybridized carbons (Fsp3) is 0.455. The third-order valence-corrected chi connectivity index (χ3v) is 5.43. The molecule has 0 N–H and O–H groups in total. The van der Waals surface area contributed by atoms with Crippen molar-refractivity contribution < 1.29 is 21.7 Å². The predicted octanol–water partition coefficient (Wildman–Crippen LogP) is 3.44. The zero-order valence-electron chi connectivity index (χ0n) is 10.9. The van der Waals surface area contributed by atoms with Crippen molar-refractivity contribution in [2.24, 2.45) is 0 Å². The number of hydrogen-bond acceptors (Lipinski definition) is 5. The molecule has 8 heteroatoms. The molecule has 19 heavy (non-hydrogen) atoms. The molecule has 0 aliphatic carbocycles. The topological polar surface area (TPSA) is 69.7 Å². The van der Waals surface area contributed by atoms with Crippen molar-refractivity contribution in [1.82, 2.24) is 0 Å². The van der Waals surface area contributed by atoms with Gasteiger partial charge in [0, 0.05) is 11.1 Å². The van der Waals surface area contributed by atoms with Gasteiger partial charge >= 0.3 is 0 Å². The van der Waals surface area contributed by atoms with Gasteiger partial charge in [-0.3, -0.25) is 8.75 Å². The van der Waals surface area contributed by atoms with Gasteiger partial charge in [0.1, 0.15) is 6.35 Å². The van der Waals surface area contributed by atoms with Crippen molar-refractivity contribution in [3.05, 3.63) is 28.7 Å². The highest BCUT2D eigenvalue weighted by molar-refractivity contribution is 9.10. The first kappa shape index (κ1) is 16.9. The summed E-state index contributed by atoms with van der Waals surface area (Å²) in [6.07, 6.45) is -0.723. The van der Waals surface area contributed by atoms with Crippen LogP contribution in [0.3, 0.4) is 0 Å². The Morgan fingerprint density at radius 3 is 2.26 bits per heavy atom. The average molecular weight is 371 g/mol. The second-order valence-corrected chi connectivity index (χ2v) is 9.35. The molecule has 1 aromatic carbocycles. The maximum absolute atomic E-state index is 11.9. The van der Waals surface area contributed by atoms with E-state index in [-0.39, 0.29) is 11.0 Å². The van der Waals surface area contributed by atoms with Gasteiger partial charge in [0.25, 0.3) is 10.1 Å². The molecule has 1 rings (SSSR count). The Bertz CT molecular complexity index is 567. The van der Waals surface area contributed by atoms with Crippen LogP contribution < -0.4 is 0 Å². The van der Waals surface area contributed by atoms with Crippen LogP contribution in [-0.2, 0) is 23.4 Å². The first-order valence-corrected chi connectivity index (χ1v) is 9.98. The second-order valence-electron chi connectivity index (χ2n) is 4.32. The summed E-state index contributed by atoms with van der Waals surface area (Å²) in [5.41, 5.74) is 0. The lowest BCUT2D eigenvalue weighted by Gasteiger charge is -2.16. The van der Waals surface area contributed by atoms with E-state index in [1.165, 1.54) is 18.8 Å². The van der Waals surface area contributed by atoms with E-state index in [1.54, 1.807) is 26.0 Å². The van der Waals surface area contributed by atoms with E-state index in [9.17, 15) is 13.0 Å². The molecular weight excluding hydrogens is 355 g/mol. The molecular formula is C11H16BrO5PS. The van der Waals surface area contributed by atoms with Crippen molar-refractivity contribution in [3.8, 4) is 0 Å². The predicted molar refractivity (Wildman–Crippen MR) is 77.0 cm³/mol. The number of hydrogen-bond donors (Lipinski definition) is 0. The van der Waals surface area contributed by atoms with E-state index in [0.29, 0.717) is 0 Å². The molecule has 1 atom stereocenters. The smallest absolute Gasteiger partial charge is 0.297 e. The van der Waals surface area contributed by atoms with Crippen LogP contribution in [0, 0.1) is 0 Å². The summed E-state index contributed by atoms with van der Waals surface area (Å²) >= 11 is 3.21. The number of benzene rings is 1. The minimum Gasteiger partial charge on any atom is -0.324 e. The zero-order chi connectivity index (χ0) is 14.7. The van der Waals surface area contributed by atoms with Crippen molar-refractivity contribution >= 4 is 33.4 Å². The van der Waals surface area contributed by atoms with E-state index in [4.69, 9.17) is 8.71 Å². The maximum Gasteiger partial charge on any atom is 0.297 e. The zero-order valence-corrected chi connectivity index (χ0v) is 14.2. The van der Waals surface area contributed by atoms with E-state index >= 15 is 0 Å². The summed E-state index contributed by atoms with van der Waals surface area (Å²) in [7, 11) is -7.00. The Morgan fingerprint density at radius 2 is 1.79 bits per heavy atom. The molecule has 1 aromatic rings. The van der Waals surface area contributed by atoms with Gasteiger partial charge in [0.15, 0.2) is 0 Å². The quantitative estimate of drug-likeness (QED) is 0.566. The van der Waals surface area contributed by atoms with Crippen LogP contribution in [0.15, 0.2) is 33.6 Å². The molecule has 0 saturated carbocycles. The Morgan fingerprint density at radius 1 is 1.26 bits per heavy atom. The molecule has 0 spiro atoms. The van der Waals surface area contributed by atoms with E-state index in [0.717, 1.165) is 4.47 Å². The summed E-state index contributed by atoms with van der Waals surface area (Å²) in [6, 6.07) is 5.99. The summed E-state index contributed by atoms with van der Waals surface area (Å²) in [5, 5.41) is 0. The SMILES string of the molecule is CC(C)OP(C)(=O)COS(=O)(=O)c1ccc(Br)cc1. The largest absolute Gasteiger partial charge is 0.324 e. The lowest BCUT2D eigenvalue weighted by molar-refractivity contribution is 0.230. The molecule has 0 heterocycles. The normalized spacial score (nSPS) is 15.4. The summed E-state index contributed by atoms with van der Waals surface area (Å²) in [6.45, 7) is 4.79. The Balaban J connectivity index is 2.76. The third kappa shape index (κ3) is 5.75. The molecule has 0 amide bonds. The molecule has 1 unspecified atom stereocenters. The summed E-state index contributed by atoms with van der Waals surface area (Å²) in [4.78, 5) is 0.0141. The van der Waals surface area contributed by atoms with Gasteiger partial charge in [0.2, 0.25) is 7.37 Å². The standard InChI is InChI=1S/C11H16BrO5PS/c1-9(2)17-18(3,13)8-16-19(14,15)11-6-4-10(12)5-7-11/h4-7,9H,8H2,1-3H3. The van der Waals surface area contributed by atoms with Crippen LogP contribution in [0.25, 0.3) is 0 Å². The first-order chi connectivity index (χ1) is 8.62. The van der Waals surface area contributed by atoms with Gasteiger partial charge in [-0.15, -0.1) is 0 Å². The van der Waals surface area contributed by atoms with Crippen molar-refractivity contribution in [1.29, 1.82) is 0 Å². The highest BCUT2D eigenvalue weighted by atomic mass is 79.9. The molecule has 0 radical (unpaired) electrons. The highest BCUT2D eigenvalue weighted by Crippen LogP contribution is 2.44. The van der Waals surface area contributed by atoms with Gasteiger partial charge in [-0.05, 0) is 38.1 Å². The van der Waals surface area contributed by atoms with Crippen LogP contribution in [-0.4, -0.2) is 27.5 Å². The fourth-order valence-corrected chi connectivity index (χ4v) is 4.45. The number of rotatable bonds is 6. The van der Waals surface area contributed by atoms with Crippen molar-refractivity contribution in [2.75, 3.05) is 13.0 Å². The Kier molecular flexibility index (Phi) is 5.77. The molecule has 0 aromatic heterocycles. The van der Waals surface area contributed by atoms with Gasteiger partial charge in [-0.2, -0.15) is 8.42 Å². The third-order valence-electron chi connectivity index (χ3n) is 1.98. The first-order valence-electron chi connectivity index (χ1n) is 5.52. The molecule has 0 aliphatic rings. The lowest BCUT2D eigenvalue weighted by Crippen LogP contribution is -2.10. The second kappa shape index (κ2) is 6.50. The van der Waals surface area contributed by atoms with Gasteiger partial charge < -0.3 is 4.52 Å². The van der Waals surface area contributed by atoms with Gasteiger partial charge in [-0.1, -0.05) is 15.9 Å². The molecule has 0 aliphatic heterocycles. The van der Waals surface area contributed by atoms with Crippen molar-refractivity contribution in [2.45, 2.75) is 24.8 Å². The lowest BCUT2D eigenvalue weighted by atomic mass is 10.4. The van der Waals surface area contributed by atoms with Crippen LogP contribution in [0.5, 0.6) is 0 Å². The van der Waals surface area contributed by atoms with E-state index in [2.05, 4.69) is 15.9 Å². The maximum atomic E-state index is 11.9. The summed E-state index contributed by atoms with van der Waals surface area (Å²) < 4.78 is 46.4. The molecule has 5 nitrogen and oxygen atoms in total. The minimum atomic E-state index is -3.92. The van der Waals surface area contributed by atoms with Gasteiger partial charge in [0.05, 0.1) is 11.0 Å². The van der Waals surface area contributed by atoms with Crippen LogP contribution >= 0.6 is 23.3 Å². The molecule has 0 fully saturated rings. The van der Waals surface area contributed by atoms with Crippen molar-refractivity contribution in [3.63, 3.8) is 0 Å². The monoisotopic (exact) mass is 370 g/mol. The Hall–Kier alpha value is -0.200. The van der Waals surface area contributed by atoms with E-state index < -0.39 is 23.8 Å². The highest BCUT2D eigenvalue weighted by Gasteiger charge is 2.24. The average Bonchev–Trinajstić information content (AvgIpc) is 2.26. The Labute approximate surface area is 122 Å². The molecule has 0 bridgehead atoms. The fourth-order valence-electron chi connectivity index (χ4n) is 1.31. The van der Waals surface area contributed by atoms with Crippen LogP contribution in [0.2, 0.25) is 0 Å². The summed E-state index contributed by atoms with van der Waals surface area (Å²) in [5.74, 6) is 0.